The maximum Gasteiger partial charge on any atom is 0.171 e. The third-order valence-corrected chi connectivity index (χ3v) is 4.54. The Kier molecular flexibility index (Phi) is 5.49. The molecule has 0 radical (unpaired) electrons. The summed E-state index contributed by atoms with van der Waals surface area (Å²) in [6, 6.07) is 15.4. The first-order valence-electron chi connectivity index (χ1n) is 9.26. The van der Waals surface area contributed by atoms with Crippen molar-refractivity contribution in [2.24, 2.45) is 10.8 Å². The van der Waals surface area contributed by atoms with Crippen molar-refractivity contribution in [3.05, 3.63) is 72.7 Å². The molecular formula is C22H21N7O. The van der Waals surface area contributed by atoms with Gasteiger partial charge in [0.25, 0.3) is 0 Å². The number of nitrogens with zero attached hydrogens (tertiary/aromatic N) is 5. The molecule has 3 heterocycles. The number of methoxy groups -OCH3 is 1. The van der Waals surface area contributed by atoms with E-state index in [1.165, 1.54) is 0 Å². The highest BCUT2D eigenvalue weighted by molar-refractivity contribution is 5.79. The van der Waals surface area contributed by atoms with Gasteiger partial charge in [0.1, 0.15) is 17.3 Å². The first kappa shape index (κ1) is 19.3. The van der Waals surface area contributed by atoms with E-state index in [9.17, 15) is 0 Å². The number of anilines is 3. The van der Waals surface area contributed by atoms with Crippen LogP contribution >= 0.6 is 0 Å². The predicted molar refractivity (Wildman–Crippen MR) is 120 cm³/mol. The fourth-order valence-corrected chi connectivity index (χ4v) is 3.09. The molecule has 0 bridgehead atoms. The van der Waals surface area contributed by atoms with Gasteiger partial charge in [-0.3, -0.25) is 20.0 Å². The monoisotopic (exact) mass is 399 g/mol. The summed E-state index contributed by atoms with van der Waals surface area (Å²) < 4.78 is 5.21. The number of aliphatic imine (C=N–C) groups is 1. The number of ether oxygens (including phenoxy) is 1. The summed E-state index contributed by atoms with van der Waals surface area (Å²) in [5.41, 5.74) is 3.31. The van der Waals surface area contributed by atoms with Crippen LogP contribution in [-0.4, -0.2) is 28.8 Å². The average Bonchev–Trinajstić information content (AvgIpc) is 2.79. The molecule has 0 aliphatic heterocycles. The number of nitrogens with two attached hydrogens (primary N) is 1. The highest BCUT2D eigenvalue weighted by Crippen LogP contribution is 2.29. The van der Waals surface area contributed by atoms with Crippen molar-refractivity contribution in [1.82, 2.24) is 15.0 Å². The van der Waals surface area contributed by atoms with E-state index in [0.29, 0.717) is 29.6 Å². The number of fused-ring (bicyclic) bond motifs is 1. The van der Waals surface area contributed by atoms with Crippen molar-refractivity contribution in [2.75, 3.05) is 17.4 Å². The molecule has 0 amide bonds. The van der Waals surface area contributed by atoms with Crippen LogP contribution in [0.1, 0.15) is 5.56 Å². The van der Waals surface area contributed by atoms with Crippen LogP contribution in [-0.2, 0) is 6.54 Å². The third-order valence-electron chi connectivity index (χ3n) is 4.54. The van der Waals surface area contributed by atoms with E-state index in [0.717, 1.165) is 22.2 Å². The van der Waals surface area contributed by atoms with Gasteiger partial charge in [0.2, 0.25) is 0 Å². The lowest BCUT2D eigenvalue weighted by Gasteiger charge is -2.20. The van der Waals surface area contributed by atoms with E-state index in [4.69, 9.17) is 10.6 Å². The molecule has 8 nitrogen and oxygen atoms in total. The standard InChI is InChI=1S/C22H21N7O/c1-24-20-7-8-21(27-17-11-18(30-2)13-25-12-17)28-22(20)29(23)14-15-5-6-19-16(10-15)4-3-9-26-19/h3-13H,1,14,23H2,2H3,(H,27,28). The van der Waals surface area contributed by atoms with E-state index in [2.05, 4.69) is 38.0 Å². The second-order valence-electron chi connectivity index (χ2n) is 6.59. The minimum atomic E-state index is 0.449. The van der Waals surface area contributed by atoms with Gasteiger partial charge in [-0.05, 0) is 42.6 Å². The molecule has 0 saturated carbocycles. The molecule has 0 saturated heterocycles. The zero-order valence-electron chi connectivity index (χ0n) is 16.5. The van der Waals surface area contributed by atoms with Gasteiger partial charge in [0.05, 0.1) is 37.3 Å². The normalized spacial score (nSPS) is 10.6. The summed E-state index contributed by atoms with van der Waals surface area (Å²) in [4.78, 5) is 17.2. The quantitative estimate of drug-likeness (QED) is 0.275. The van der Waals surface area contributed by atoms with Crippen molar-refractivity contribution in [2.45, 2.75) is 6.54 Å². The van der Waals surface area contributed by atoms with E-state index < -0.39 is 0 Å². The van der Waals surface area contributed by atoms with Crippen molar-refractivity contribution in [1.29, 1.82) is 0 Å². The number of benzene rings is 1. The summed E-state index contributed by atoms with van der Waals surface area (Å²) >= 11 is 0. The largest absolute Gasteiger partial charge is 0.495 e. The molecule has 150 valence electrons. The van der Waals surface area contributed by atoms with Crippen molar-refractivity contribution in [3.8, 4) is 5.75 Å². The van der Waals surface area contributed by atoms with Crippen LogP contribution in [0.25, 0.3) is 10.9 Å². The van der Waals surface area contributed by atoms with Crippen molar-refractivity contribution >= 4 is 40.6 Å². The molecule has 8 heteroatoms. The van der Waals surface area contributed by atoms with Crippen LogP contribution < -0.4 is 20.9 Å². The van der Waals surface area contributed by atoms with E-state index in [1.54, 1.807) is 30.7 Å². The third kappa shape index (κ3) is 4.18. The predicted octanol–water partition coefficient (Wildman–Crippen LogP) is 3.99. The van der Waals surface area contributed by atoms with Crippen molar-refractivity contribution in [3.63, 3.8) is 0 Å². The first-order valence-corrected chi connectivity index (χ1v) is 9.26. The first-order chi connectivity index (χ1) is 14.7. The number of nitrogens with one attached hydrogen (secondary N) is 1. The van der Waals surface area contributed by atoms with Crippen molar-refractivity contribution < 1.29 is 4.74 Å². The van der Waals surface area contributed by atoms with Gasteiger partial charge in [-0.1, -0.05) is 12.1 Å². The Hall–Kier alpha value is -4.04. The number of pyridine rings is 3. The Morgan fingerprint density at radius 1 is 1.17 bits per heavy atom. The maximum atomic E-state index is 6.36. The molecule has 0 fully saturated rings. The Morgan fingerprint density at radius 3 is 2.90 bits per heavy atom. The molecule has 0 atom stereocenters. The smallest absolute Gasteiger partial charge is 0.171 e. The number of hydrogen-bond acceptors (Lipinski definition) is 8. The van der Waals surface area contributed by atoms with Crippen LogP contribution in [0.4, 0.5) is 23.0 Å². The van der Waals surface area contributed by atoms with Gasteiger partial charge >= 0.3 is 0 Å². The molecule has 0 aliphatic carbocycles. The summed E-state index contributed by atoms with van der Waals surface area (Å²) in [5, 5.41) is 5.81. The van der Waals surface area contributed by atoms with E-state index >= 15 is 0 Å². The van der Waals surface area contributed by atoms with Crippen LogP contribution in [0.2, 0.25) is 0 Å². The molecule has 0 unspecified atom stereocenters. The van der Waals surface area contributed by atoms with Crippen LogP contribution in [0.5, 0.6) is 5.75 Å². The fourth-order valence-electron chi connectivity index (χ4n) is 3.09. The molecule has 3 N–H and O–H groups in total. The molecule has 0 aliphatic rings. The fraction of sp³-hybridized carbons (Fsp3) is 0.0909. The minimum Gasteiger partial charge on any atom is -0.495 e. The summed E-state index contributed by atoms with van der Waals surface area (Å²) in [6.07, 6.45) is 5.10. The lowest BCUT2D eigenvalue weighted by atomic mass is 10.1. The van der Waals surface area contributed by atoms with Gasteiger partial charge in [0, 0.05) is 17.6 Å². The molecule has 1 aromatic carbocycles. The second-order valence-corrected chi connectivity index (χ2v) is 6.59. The Morgan fingerprint density at radius 2 is 2.07 bits per heavy atom. The lowest BCUT2D eigenvalue weighted by Crippen LogP contribution is -2.31. The van der Waals surface area contributed by atoms with Gasteiger partial charge in [-0.15, -0.1) is 0 Å². The Labute approximate surface area is 174 Å². The van der Waals surface area contributed by atoms with Crippen LogP contribution in [0.15, 0.2) is 72.1 Å². The number of hydrazine groups is 1. The number of hydrogen-bond donors (Lipinski definition) is 2. The van der Waals surface area contributed by atoms with E-state index in [-0.39, 0.29) is 0 Å². The van der Waals surface area contributed by atoms with Crippen LogP contribution in [0.3, 0.4) is 0 Å². The average molecular weight is 399 g/mol. The topological polar surface area (TPSA) is 102 Å². The Balaban J connectivity index is 1.59. The summed E-state index contributed by atoms with van der Waals surface area (Å²) in [5.74, 6) is 8.13. The molecule has 4 aromatic rings. The molecule has 4 rings (SSSR count). The lowest BCUT2D eigenvalue weighted by molar-refractivity contribution is 0.413. The highest BCUT2D eigenvalue weighted by atomic mass is 16.5. The van der Waals surface area contributed by atoms with Gasteiger partial charge in [-0.25, -0.2) is 10.8 Å². The highest BCUT2D eigenvalue weighted by Gasteiger charge is 2.12. The molecule has 30 heavy (non-hydrogen) atoms. The number of aromatic nitrogens is 3. The summed E-state index contributed by atoms with van der Waals surface area (Å²) in [7, 11) is 1.59. The van der Waals surface area contributed by atoms with E-state index in [1.807, 2.05) is 42.5 Å². The summed E-state index contributed by atoms with van der Waals surface area (Å²) in [6.45, 7) is 4.08. The molecular weight excluding hydrogens is 378 g/mol. The zero-order chi connectivity index (χ0) is 20.9. The zero-order valence-corrected chi connectivity index (χ0v) is 16.5. The van der Waals surface area contributed by atoms with Gasteiger partial charge < -0.3 is 10.1 Å². The maximum absolute atomic E-state index is 6.36. The molecule has 3 aromatic heterocycles. The van der Waals surface area contributed by atoms with Crippen LogP contribution in [0, 0.1) is 0 Å². The second kappa shape index (κ2) is 8.54. The number of rotatable bonds is 7. The van der Waals surface area contributed by atoms with Gasteiger partial charge in [0.15, 0.2) is 5.82 Å². The minimum absolute atomic E-state index is 0.449. The van der Waals surface area contributed by atoms with Gasteiger partial charge in [-0.2, -0.15) is 0 Å². The SMILES string of the molecule is C=Nc1ccc(Nc2cncc(OC)c2)nc1N(N)Cc1ccc2ncccc2c1. The molecule has 0 spiro atoms. The Bertz CT molecular complexity index is 1190.